The van der Waals surface area contributed by atoms with Gasteiger partial charge in [-0.1, -0.05) is 12.0 Å². The number of aromatic nitrogens is 1. The largest absolute Gasteiger partial charge is 0.302 e. The fraction of sp³-hybridized carbons (Fsp3) is 0.300. The van der Waals surface area contributed by atoms with Gasteiger partial charge in [0.15, 0.2) is 0 Å². The highest BCUT2D eigenvalue weighted by Crippen LogP contribution is 1.97. The molecule has 2 heteroatoms. The summed E-state index contributed by atoms with van der Waals surface area (Å²) in [5, 5.41) is 3.09. The molecule has 0 saturated carbocycles. The first-order valence-electron chi connectivity index (χ1n) is 3.88. The Morgan fingerprint density at radius 1 is 1.58 bits per heavy atom. The molecule has 0 spiro atoms. The molecule has 0 unspecified atom stereocenters. The molecule has 1 heterocycles. The van der Waals surface area contributed by atoms with Crippen molar-refractivity contribution in [3.8, 4) is 12.3 Å². The third-order valence-electron chi connectivity index (χ3n) is 1.53. The molecular weight excluding hydrogens is 148 g/mol. The van der Waals surface area contributed by atoms with Crippen LogP contribution in [0.15, 0.2) is 18.3 Å². The number of rotatable bonds is 3. The Kier molecular flexibility index (Phi) is 3.31. The Morgan fingerprint density at radius 2 is 2.42 bits per heavy atom. The highest BCUT2D eigenvalue weighted by atomic mass is 14.8. The molecule has 1 N–H and O–H groups in total. The SMILES string of the molecule is C#CCNCc1ccc(C)nc1. The second kappa shape index (κ2) is 4.53. The Bertz CT molecular complexity index is 269. The van der Waals surface area contributed by atoms with Crippen LogP contribution in [0, 0.1) is 19.3 Å². The van der Waals surface area contributed by atoms with Crippen LogP contribution >= 0.6 is 0 Å². The zero-order valence-electron chi connectivity index (χ0n) is 7.17. The van der Waals surface area contributed by atoms with Gasteiger partial charge in [-0.25, -0.2) is 0 Å². The van der Waals surface area contributed by atoms with Gasteiger partial charge in [0.2, 0.25) is 0 Å². The molecule has 62 valence electrons. The maximum atomic E-state index is 5.09. The predicted molar refractivity (Wildman–Crippen MR) is 49.5 cm³/mol. The lowest BCUT2D eigenvalue weighted by Crippen LogP contribution is -2.12. The van der Waals surface area contributed by atoms with E-state index in [0.717, 1.165) is 17.8 Å². The van der Waals surface area contributed by atoms with Gasteiger partial charge in [0, 0.05) is 18.4 Å². The van der Waals surface area contributed by atoms with E-state index < -0.39 is 0 Å². The monoisotopic (exact) mass is 160 g/mol. The zero-order valence-corrected chi connectivity index (χ0v) is 7.17. The lowest BCUT2D eigenvalue weighted by molar-refractivity contribution is 0.766. The fourth-order valence-electron chi connectivity index (χ4n) is 0.882. The van der Waals surface area contributed by atoms with Crippen LogP contribution in [0.5, 0.6) is 0 Å². The summed E-state index contributed by atoms with van der Waals surface area (Å²) < 4.78 is 0. The van der Waals surface area contributed by atoms with Crippen molar-refractivity contribution in [3.05, 3.63) is 29.6 Å². The first kappa shape index (κ1) is 8.76. The molecule has 1 rings (SSSR count). The second-order valence-corrected chi connectivity index (χ2v) is 2.62. The molecule has 1 aromatic heterocycles. The van der Waals surface area contributed by atoms with Crippen molar-refractivity contribution in [1.82, 2.24) is 10.3 Å². The molecule has 12 heavy (non-hydrogen) atoms. The van der Waals surface area contributed by atoms with Crippen LogP contribution in [-0.4, -0.2) is 11.5 Å². The zero-order chi connectivity index (χ0) is 8.81. The molecule has 0 atom stereocenters. The van der Waals surface area contributed by atoms with E-state index in [1.807, 2.05) is 25.3 Å². The molecule has 0 amide bonds. The van der Waals surface area contributed by atoms with Crippen LogP contribution in [-0.2, 0) is 6.54 Å². The smallest absolute Gasteiger partial charge is 0.0576 e. The minimum atomic E-state index is 0.605. The van der Waals surface area contributed by atoms with Crippen LogP contribution < -0.4 is 5.32 Å². The van der Waals surface area contributed by atoms with E-state index in [2.05, 4.69) is 16.2 Å². The van der Waals surface area contributed by atoms with Gasteiger partial charge in [0.05, 0.1) is 6.54 Å². The Hall–Kier alpha value is -1.33. The number of pyridine rings is 1. The van der Waals surface area contributed by atoms with Gasteiger partial charge in [-0.2, -0.15) is 0 Å². The molecule has 0 aromatic carbocycles. The Morgan fingerprint density at radius 3 is 3.00 bits per heavy atom. The van der Waals surface area contributed by atoms with E-state index in [1.54, 1.807) is 0 Å². The number of terminal acetylenes is 1. The fourth-order valence-corrected chi connectivity index (χ4v) is 0.882. The minimum Gasteiger partial charge on any atom is -0.302 e. The van der Waals surface area contributed by atoms with Gasteiger partial charge >= 0.3 is 0 Å². The van der Waals surface area contributed by atoms with Crippen molar-refractivity contribution in [2.45, 2.75) is 13.5 Å². The summed E-state index contributed by atoms with van der Waals surface area (Å²) in [6.07, 6.45) is 6.95. The topological polar surface area (TPSA) is 24.9 Å². The van der Waals surface area contributed by atoms with Crippen molar-refractivity contribution in [1.29, 1.82) is 0 Å². The molecule has 0 radical (unpaired) electrons. The average Bonchev–Trinajstić information content (AvgIpc) is 2.09. The Labute approximate surface area is 73.0 Å². The van der Waals surface area contributed by atoms with E-state index in [9.17, 15) is 0 Å². The van der Waals surface area contributed by atoms with Crippen molar-refractivity contribution < 1.29 is 0 Å². The molecule has 1 aromatic rings. The number of nitrogens with one attached hydrogen (secondary N) is 1. The molecule has 0 aliphatic carbocycles. The number of aryl methyl sites for hydroxylation is 1. The summed E-state index contributed by atoms with van der Waals surface area (Å²) >= 11 is 0. The molecule has 0 saturated heterocycles. The summed E-state index contributed by atoms with van der Waals surface area (Å²) in [6, 6.07) is 4.04. The van der Waals surface area contributed by atoms with E-state index in [4.69, 9.17) is 6.42 Å². The van der Waals surface area contributed by atoms with Gasteiger partial charge < -0.3 is 5.32 Å². The highest BCUT2D eigenvalue weighted by Gasteiger charge is 1.90. The molecule has 2 nitrogen and oxygen atoms in total. The quantitative estimate of drug-likeness (QED) is 0.529. The molecule has 0 aliphatic rings. The number of nitrogens with zero attached hydrogens (tertiary/aromatic N) is 1. The second-order valence-electron chi connectivity index (χ2n) is 2.62. The van der Waals surface area contributed by atoms with Crippen molar-refractivity contribution in [2.24, 2.45) is 0 Å². The highest BCUT2D eigenvalue weighted by molar-refractivity contribution is 5.12. The van der Waals surface area contributed by atoms with Gasteiger partial charge in [0.1, 0.15) is 0 Å². The summed E-state index contributed by atoms with van der Waals surface area (Å²) in [5.74, 6) is 2.52. The van der Waals surface area contributed by atoms with Crippen LogP contribution in [0.4, 0.5) is 0 Å². The standard InChI is InChI=1S/C10H12N2/c1-3-6-11-7-10-5-4-9(2)12-8-10/h1,4-5,8,11H,6-7H2,2H3. The summed E-state index contributed by atoms with van der Waals surface area (Å²) in [7, 11) is 0. The first-order chi connectivity index (χ1) is 5.83. The van der Waals surface area contributed by atoms with E-state index >= 15 is 0 Å². The maximum Gasteiger partial charge on any atom is 0.0576 e. The first-order valence-corrected chi connectivity index (χ1v) is 3.88. The maximum absolute atomic E-state index is 5.09. The lowest BCUT2D eigenvalue weighted by atomic mass is 10.2. The minimum absolute atomic E-state index is 0.605. The number of hydrogen-bond acceptors (Lipinski definition) is 2. The van der Waals surface area contributed by atoms with Crippen LogP contribution in [0.1, 0.15) is 11.3 Å². The van der Waals surface area contributed by atoms with Crippen LogP contribution in [0.3, 0.4) is 0 Å². The summed E-state index contributed by atoms with van der Waals surface area (Å²) in [5.41, 5.74) is 2.20. The normalized spacial score (nSPS) is 9.33. The van der Waals surface area contributed by atoms with Gasteiger partial charge in [-0.3, -0.25) is 4.98 Å². The summed E-state index contributed by atoms with van der Waals surface area (Å²) in [4.78, 5) is 4.17. The van der Waals surface area contributed by atoms with E-state index in [0.29, 0.717) is 6.54 Å². The predicted octanol–water partition coefficient (Wildman–Crippen LogP) is 1.11. The van der Waals surface area contributed by atoms with Crippen LogP contribution in [0.2, 0.25) is 0 Å². The third-order valence-corrected chi connectivity index (χ3v) is 1.53. The van der Waals surface area contributed by atoms with Gasteiger partial charge in [-0.15, -0.1) is 6.42 Å². The lowest BCUT2D eigenvalue weighted by Gasteiger charge is -2.00. The van der Waals surface area contributed by atoms with E-state index in [1.165, 1.54) is 0 Å². The number of hydrogen-bond donors (Lipinski definition) is 1. The van der Waals surface area contributed by atoms with Gasteiger partial charge in [-0.05, 0) is 18.6 Å². The molecule has 0 bridgehead atoms. The van der Waals surface area contributed by atoms with Crippen molar-refractivity contribution in [3.63, 3.8) is 0 Å². The molecule has 0 aliphatic heterocycles. The van der Waals surface area contributed by atoms with Crippen molar-refractivity contribution in [2.75, 3.05) is 6.54 Å². The van der Waals surface area contributed by atoms with E-state index in [-0.39, 0.29) is 0 Å². The molecule has 0 fully saturated rings. The molecular formula is C10H12N2. The average molecular weight is 160 g/mol. The Balaban J connectivity index is 2.43. The third kappa shape index (κ3) is 2.73. The van der Waals surface area contributed by atoms with Crippen LogP contribution in [0.25, 0.3) is 0 Å². The van der Waals surface area contributed by atoms with Crippen molar-refractivity contribution >= 4 is 0 Å². The summed E-state index contributed by atoms with van der Waals surface area (Å²) in [6.45, 7) is 3.37. The van der Waals surface area contributed by atoms with Gasteiger partial charge in [0.25, 0.3) is 0 Å².